The minimum Gasteiger partial charge on any atom is -0.352 e. The van der Waals surface area contributed by atoms with Gasteiger partial charge < -0.3 is 10.6 Å². The quantitative estimate of drug-likeness (QED) is 0.728. The zero-order valence-electron chi connectivity index (χ0n) is 10.2. The first kappa shape index (κ1) is 12.5. The van der Waals surface area contributed by atoms with Crippen LogP contribution in [0.15, 0.2) is 0 Å². The van der Waals surface area contributed by atoms with E-state index in [0.717, 1.165) is 12.8 Å². The second-order valence-corrected chi connectivity index (χ2v) is 4.77. The smallest absolute Gasteiger partial charge is 0.234 e. The zero-order chi connectivity index (χ0) is 11.3. The van der Waals surface area contributed by atoms with Crippen molar-refractivity contribution in [1.82, 2.24) is 10.6 Å². The summed E-state index contributed by atoms with van der Waals surface area (Å²) in [6.45, 7) is 6.90. The summed E-state index contributed by atoms with van der Waals surface area (Å²) in [4.78, 5) is 11.6. The van der Waals surface area contributed by atoms with E-state index in [1.807, 2.05) is 0 Å². The molecule has 0 aromatic rings. The minimum atomic E-state index is 0.147. The maximum Gasteiger partial charge on any atom is 0.234 e. The number of rotatable bonds is 5. The summed E-state index contributed by atoms with van der Waals surface area (Å²) in [6, 6.07) is 0.841. The molecule has 0 spiro atoms. The Hall–Kier alpha value is -0.570. The van der Waals surface area contributed by atoms with Crippen molar-refractivity contribution in [3.63, 3.8) is 0 Å². The van der Waals surface area contributed by atoms with Gasteiger partial charge in [0.15, 0.2) is 0 Å². The Labute approximate surface area is 93.0 Å². The van der Waals surface area contributed by atoms with Crippen molar-refractivity contribution < 1.29 is 4.79 Å². The standard InChI is InChI=1S/C12H24N2O/c1-4-10(3)13-8-12(15)14-11-7-5-6-9(11)2/h9-11,13H,4-8H2,1-3H3,(H,14,15). The van der Waals surface area contributed by atoms with Crippen LogP contribution in [0.5, 0.6) is 0 Å². The molecule has 0 bridgehead atoms. The molecule has 0 saturated heterocycles. The van der Waals surface area contributed by atoms with Crippen molar-refractivity contribution in [2.24, 2.45) is 5.92 Å². The average Bonchev–Trinajstić information content (AvgIpc) is 2.61. The van der Waals surface area contributed by atoms with Crippen molar-refractivity contribution >= 4 is 5.91 Å². The highest BCUT2D eigenvalue weighted by atomic mass is 16.2. The van der Waals surface area contributed by atoms with Gasteiger partial charge in [0.1, 0.15) is 0 Å². The Morgan fingerprint density at radius 3 is 2.73 bits per heavy atom. The third-order valence-corrected chi connectivity index (χ3v) is 3.43. The molecule has 1 saturated carbocycles. The third-order valence-electron chi connectivity index (χ3n) is 3.43. The van der Waals surface area contributed by atoms with Gasteiger partial charge in [-0.2, -0.15) is 0 Å². The summed E-state index contributed by atoms with van der Waals surface area (Å²) >= 11 is 0. The van der Waals surface area contributed by atoms with E-state index in [1.54, 1.807) is 0 Å². The van der Waals surface area contributed by atoms with Gasteiger partial charge in [0.05, 0.1) is 6.54 Å². The van der Waals surface area contributed by atoms with Crippen LogP contribution < -0.4 is 10.6 Å². The Balaban J connectivity index is 2.18. The van der Waals surface area contributed by atoms with Crippen LogP contribution >= 0.6 is 0 Å². The van der Waals surface area contributed by atoms with Gasteiger partial charge >= 0.3 is 0 Å². The summed E-state index contributed by atoms with van der Waals surface area (Å²) in [7, 11) is 0. The molecule has 1 amide bonds. The second-order valence-electron chi connectivity index (χ2n) is 4.77. The number of carbonyl (C=O) groups excluding carboxylic acids is 1. The molecule has 0 aromatic carbocycles. The summed E-state index contributed by atoms with van der Waals surface area (Å²) in [5, 5.41) is 6.32. The lowest BCUT2D eigenvalue weighted by atomic mass is 10.1. The topological polar surface area (TPSA) is 41.1 Å². The molecule has 1 aliphatic carbocycles. The van der Waals surface area contributed by atoms with E-state index in [0.29, 0.717) is 24.5 Å². The molecule has 2 N–H and O–H groups in total. The van der Waals surface area contributed by atoms with Crippen LogP contribution in [0.25, 0.3) is 0 Å². The maximum absolute atomic E-state index is 11.6. The Morgan fingerprint density at radius 2 is 2.20 bits per heavy atom. The fourth-order valence-corrected chi connectivity index (χ4v) is 2.03. The highest BCUT2D eigenvalue weighted by Crippen LogP contribution is 2.24. The molecule has 3 heteroatoms. The Bertz CT molecular complexity index is 206. The van der Waals surface area contributed by atoms with E-state index in [2.05, 4.69) is 31.4 Å². The molecule has 1 rings (SSSR count). The minimum absolute atomic E-state index is 0.147. The monoisotopic (exact) mass is 212 g/mol. The molecule has 3 unspecified atom stereocenters. The first-order chi connectivity index (χ1) is 7.13. The van der Waals surface area contributed by atoms with Gasteiger partial charge in [-0.25, -0.2) is 0 Å². The van der Waals surface area contributed by atoms with Crippen LogP contribution in [0.1, 0.15) is 46.5 Å². The summed E-state index contributed by atoms with van der Waals surface area (Å²) in [6.07, 6.45) is 4.72. The van der Waals surface area contributed by atoms with E-state index in [4.69, 9.17) is 0 Å². The van der Waals surface area contributed by atoms with Crippen LogP contribution in [0.4, 0.5) is 0 Å². The molecular formula is C12H24N2O. The summed E-state index contributed by atoms with van der Waals surface area (Å²) in [5.41, 5.74) is 0. The molecule has 0 radical (unpaired) electrons. The van der Waals surface area contributed by atoms with Gasteiger partial charge in [-0.1, -0.05) is 20.3 Å². The summed E-state index contributed by atoms with van der Waals surface area (Å²) < 4.78 is 0. The number of hydrogen-bond acceptors (Lipinski definition) is 2. The first-order valence-electron chi connectivity index (χ1n) is 6.16. The Kier molecular flexibility index (Phi) is 5.09. The fourth-order valence-electron chi connectivity index (χ4n) is 2.03. The lowest BCUT2D eigenvalue weighted by molar-refractivity contribution is -0.121. The zero-order valence-corrected chi connectivity index (χ0v) is 10.2. The van der Waals surface area contributed by atoms with Crippen LogP contribution in [0, 0.1) is 5.92 Å². The van der Waals surface area contributed by atoms with Gasteiger partial charge in [0.2, 0.25) is 5.91 Å². The molecule has 15 heavy (non-hydrogen) atoms. The van der Waals surface area contributed by atoms with Crippen molar-refractivity contribution in [3.8, 4) is 0 Å². The van der Waals surface area contributed by atoms with E-state index >= 15 is 0 Å². The van der Waals surface area contributed by atoms with Crippen LogP contribution in [0.3, 0.4) is 0 Å². The van der Waals surface area contributed by atoms with Crippen molar-refractivity contribution in [2.45, 2.75) is 58.5 Å². The first-order valence-corrected chi connectivity index (χ1v) is 6.16. The molecule has 1 fully saturated rings. The van der Waals surface area contributed by atoms with Gasteiger partial charge in [-0.3, -0.25) is 4.79 Å². The highest BCUT2D eigenvalue weighted by molar-refractivity contribution is 5.78. The van der Waals surface area contributed by atoms with Gasteiger partial charge in [-0.15, -0.1) is 0 Å². The van der Waals surface area contributed by atoms with Crippen molar-refractivity contribution in [2.75, 3.05) is 6.54 Å². The number of hydrogen-bond donors (Lipinski definition) is 2. The normalized spacial score (nSPS) is 27.7. The molecular weight excluding hydrogens is 188 g/mol. The van der Waals surface area contributed by atoms with Gasteiger partial charge in [-0.05, 0) is 32.1 Å². The predicted molar refractivity (Wildman–Crippen MR) is 62.7 cm³/mol. The van der Waals surface area contributed by atoms with Gasteiger partial charge in [0, 0.05) is 12.1 Å². The van der Waals surface area contributed by atoms with E-state index in [-0.39, 0.29) is 5.91 Å². The van der Waals surface area contributed by atoms with Crippen molar-refractivity contribution in [1.29, 1.82) is 0 Å². The largest absolute Gasteiger partial charge is 0.352 e. The van der Waals surface area contributed by atoms with Crippen molar-refractivity contribution in [3.05, 3.63) is 0 Å². The van der Waals surface area contributed by atoms with Crippen LogP contribution in [-0.2, 0) is 4.79 Å². The third kappa shape index (κ3) is 4.20. The number of amides is 1. The fraction of sp³-hybridized carbons (Fsp3) is 0.917. The SMILES string of the molecule is CCC(C)NCC(=O)NC1CCCC1C. The second kappa shape index (κ2) is 6.11. The van der Waals surface area contributed by atoms with Crippen LogP contribution in [0.2, 0.25) is 0 Å². The average molecular weight is 212 g/mol. The van der Waals surface area contributed by atoms with E-state index in [9.17, 15) is 4.79 Å². The molecule has 0 aliphatic heterocycles. The lowest BCUT2D eigenvalue weighted by Gasteiger charge is -2.18. The van der Waals surface area contributed by atoms with Gasteiger partial charge in [0.25, 0.3) is 0 Å². The molecule has 0 heterocycles. The molecule has 88 valence electrons. The Morgan fingerprint density at radius 1 is 1.47 bits per heavy atom. The van der Waals surface area contributed by atoms with E-state index in [1.165, 1.54) is 12.8 Å². The number of carbonyl (C=O) groups is 1. The molecule has 3 atom stereocenters. The summed E-state index contributed by atoms with van der Waals surface area (Å²) in [5.74, 6) is 0.798. The molecule has 1 aliphatic rings. The maximum atomic E-state index is 11.6. The van der Waals surface area contributed by atoms with Crippen LogP contribution in [-0.4, -0.2) is 24.5 Å². The number of nitrogens with one attached hydrogen (secondary N) is 2. The highest BCUT2D eigenvalue weighted by Gasteiger charge is 2.24. The molecule has 3 nitrogen and oxygen atoms in total. The predicted octanol–water partition coefficient (Wildman–Crippen LogP) is 1.68. The van der Waals surface area contributed by atoms with E-state index < -0.39 is 0 Å². The lowest BCUT2D eigenvalue weighted by Crippen LogP contribution is -2.43. The molecule has 0 aromatic heterocycles.